The van der Waals surface area contributed by atoms with Crippen LogP contribution in [0.15, 0.2) is 4.52 Å². The number of nitrogens with one attached hydrogen (secondary N) is 1. The highest BCUT2D eigenvalue weighted by atomic mass is 16.5. The fourth-order valence-electron chi connectivity index (χ4n) is 2.21. The molecule has 0 spiro atoms. The van der Waals surface area contributed by atoms with E-state index >= 15 is 0 Å². The molecule has 6 heteroatoms. The Bertz CT molecular complexity index is 362. The molecule has 0 radical (unpaired) electrons. The largest absolute Gasteiger partial charge is 0.392 e. The second kappa shape index (κ2) is 4.12. The SMILES string of the molecule is OC1CNC(c2nc(C3CCCO3)no2)C1. The van der Waals surface area contributed by atoms with Crippen LogP contribution in [-0.4, -0.2) is 34.5 Å². The van der Waals surface area contributed by atoms with Crippen molar-refractivity contribution in [1.82, 2.24) is 15.5 Å². The number of aliphatic hydroxyl groups excluding tert-OH is 1. The van der Waals surface area contributed by atoms with Crippen LogP contribution in [-0.2, 0) is 4.74 Å². The maximum absolute atomic E-state index is 9.40. The van der Waals surface area contributed by atoms with Gasteiger partial charge in [-0.05, 0) is 19.3 Å². The Morgan fingerprint density at radius 2 is 2.38 bits per heavy atom. The third kappa shape index (κ3) is 1.83. The normalized spacial score (nSPS) is 34.7. The van der Waals surface area contributed by atoms with Crippen molar-refractivity contribution in [3.63, 3.8) is 0 Å². The summed E-state index contributed by atoms with van der Waals surface area (Å²) < 4.78 is 10.7. The molecule has 1 aromatic rings. The van der Waals surface area contributed by atoms with Crippen LogP contribution in [0.5, 0.6) is 0 Å². The van der Waals surface area contributed by atoms with Crippen molar-refractivity contribution in [2.24, 2.45) is 0 Å². The highest BCUT2D eigenvalue weighted by Gasteiger charge is 2.30. The smallest absolute Gasteiger partial charge is 0.243 e. The van der Waals surface area contributed by atoms with Gasteiger partial charge in [0.25, 0.3) is 0 Å². The Kier molecular flexibility index (Phi) is 2.62. The van der Waals surface area contributed by atoms with Gasteiger partial charge in [-0.25, -0.2) is 0 Å². The van der Waals surface area contributed by atoms with Crippen molar-refractivity contribution in [2.45, 2.75) is 37.5 Å². The molecular weight excluding hydrogens is 210 g/mol. The van der Waals surface area contributed by atoms with Gasteiger partial charge in [-0.3, -0.25) is 0 Å². The van der Waals surface area contributed by atoms with Crippen LogP contribution in [0.1, 0.15) is 43.1 Å². The summed E-state index contributed by atoms with van der Waals surface area (Å²) in [6.07, 6.45) is 2.31. The first-order valence-electron chi connectivity index (χ1n) is 5.69. The van der Waals surface area contributed by atoms with E-state index in [2.05, 4.69) is 15.5 Å². The molecule has 3 unspecified atom stereocenters. The van der Waals surface area contributed by atoms with E-state index in [9.17, 15) is 5.11 Å². The Labute approximate surface area is 93.0 Å². The molecule has 6 nitrogen and oxygen atoms in total. The molecule has 3 atom stereocenters. The monoisotopic (exact) mass is 225 g/mol. The summed E-state index contributed by atoms with van der Waals surface area (Å²) >= 11 is 0. The van der Waals surface area contributed by atoms with Gasteiger partial charge >= 0.3 is 0 Å². The molecule has 3 rings (SSSR count). The van der Waals surface area contributed by atoms with Crippen LogP contribution in [0.25, 0.3) is 0 Å². The van der Waals surface area contributed by atoms with E-state index in [1.807, 2.05) is 0 Å². The lowest BCUT2D eigenvalue weighted by atomic mass is 10.2. The number of aromatic nitrogens is 2. The van der Waals surface area contributed by atoms with E-state index in [0.29, 0.717) is 24.7 Å². The molecule has 0 bridgehead atoms. The summed E-state index contributed by atoms with van der Waals surface area (Å²) in [6, 6.07) is -0.0161. The maximum Gasteiger partial charge on any atom is 0.243 e. The van der Waals surface area contributed by atoms with Gasteiger partial charge < -0.3 is 19.7 Å². The molecule has 2 saturated heterocycles. The summed E-state index contributed by atoms with van der Waals surface area (Å²) in [5.41, 5.74) is 0. The fourth-order valence-corrected chi connectivity index (χ4v) is 2.21. The number of β-amino-alcohol motifs (C(OH)–C–C–N with tert-alkyl or cyclic N) is 1. The minimum absolute atomic E-state index is 0.0103. The number of nitrogens with zero attached hydrogens (tertiary/aromatic N) is 2. The zero-order valence-corrected chi connectivity index (χ0v) is 8.93. The molecule has 0 amide bonds. The Morgan fingerprint density at radius 3 is 3.06 bits per heavy atom. The van der Waals surface area contributed by atoms with Crippen LogP contribution >= 0.6 is 0 Å². The molecule has 2 aliphatic rings. The zero-order valence-electron chi connectivity index (χ0n) is 8.93. The minimum Gasteiger partial charge on any atom is -0.392 e. The van der Waals surface area contributed by atoms with Crippen LogP contribution in [0.2, 0.25) is 0 Å². The predicted molar refractivity (Wildman–Crippen MR) is 53.6 cm³/mol. The molecule has 2 N–H and O–H groups in total. The summed E-state index contributed by atoms with van der Waals surface area (Å²) in [6.45, 7) is 1.36. The molecule has 88 valence electrons. The average Bonchev–Trinajstić information content (AvgIpc) is 2.97. The topological polar surface area (TPSA) is 80.4 Å². The summed E-state index contributed by atoms with van der Waals surface area (Å²) in [4.78, 5) is 4.33. The molecule has 2 fully saturated rings. The standard InChI is InChI=1S/C10H15N3O3/c14-6-4-7(11-5-6)10-12-9(13-16-10)8-2-1-3-15-8/h6-8,11,14H,1-5H2. The average molecular weight is 225 g/mol. The van der Waals surface area contributed by atoms with Crippen molar-refractivity contribution in [2.75, 3.05) is 13.2 Å². The van der Waals surface area contributed by atoms with Gasteiger partial charge in [0.15, 0.2) is 0 Å². The van der Waals surface area contributed by atoms with E-state index < -0.39 is 0 Å². The van der Waals surface area contributed by atoms with Crippen molar-refractivity contribution in [1.29, 1.82) is 0 Å². The first kappa shape index (κ1) is 10.2. The fraction of sp³-hybridized carbons (Fsp3) is 0.800. The first-order chi connectivity index (χ1) is 7.83. The van der Waals surface area contributed by atoms with Gasteiger partial charge in [0, 0.05) is 13.2 Å². The van der Waals surface area contributed by atoms with E-state index in [1.165, 1.54) is 0 Å². The van der Waals surface area contributed by atoms with Gasteiger partial charge in [-0.1, -0.05) is 5.16 Å². The number of hydrogen-bond donors (Lipinski definition) is 2. The van der Waals surface area contributed by atoms with E-state index in [1.54, 1.807) is 0 Å². The van der Waals surface area contributed by atoms with Crippen LogP contribution < -0.4 is 5.32 Å². The lowest BCUT2D eigenvalue weighted by Gasteiger charge is -2.03. The molecule has 1 aromatic heterocycles. The predicted octanol–water partition coefficient (Wildman–Crippen LogP) is 0.316. The van der Waals surface area contributed by atoms with Crippen molar-refractivity contribution >= 4 is 0 Å². The first-order valence-corrected chi connectivity index (χ1v) is 5.69. The second-order valence-electron chi connectivity index (χ2n) is 4.34. The quantitative estimate of drug-likeness (QED) is 0.754. The summed E-state index contributed by atoms with van der Waals surface area (Å²) in [5, 5.41) is 16.5. The van der Waals surface area contributed by atoms with E-state index in [0.717, 1.165) is 19.4 Å². The van der Waals surface area contributed by atoms with Gasteiger partial charge in [0.05, 0.1) is 12.1 Å². The summed E-state index contributed by atoms with van der Waals surface area (Å²) in [7, 11) is 0. The maximum atomic E-state index is 9.40. The second-order valence-corrected chi connectivity index (χ2v) is 4.34. The highest BCUT2D eigenvalue weighted by molar-refractivity contribution is 5.00. The van der Waals surface area contributed by atoms with Crippen molar-refractivity contribution < 1.29 is 14.4 Å². The van der Waals surface area contributed by atoms with E-state index in [-0.39, 0.29) is 18.2 Å². The van der Waals surface area contributed by atoms with Crippen molar-refractivity contribution in [3.8, 4) is 0 Å². The highest BCUT2D eigenvalue weighted by Crippen LogP contribution is 2.28. The molecule has 0 aliphatic carbocycles. The van der Waals surface area contributed by atoms with Crippen LogP contribution in [0.3, 0.4) is 0 Å². The minimum atomic E-state index is -0.317. The molecule has 2 aliphatic heterocycles. The van der Waals surface area contributed by atoms with Gasteiger partial charge in [-0.15, -0.1) is 0 Å². The van der Waals surface area contributed by atoms with Gasteiger partial charge in [0.1, 0.15) is 6.10 Å². The molecule has 16 heavy (non-hydrogen) atoms. The Balaban J connectivity index is 1.72. The van der Waals surface area contributed by atoms with Gasteiger partial charge in [-0.2, -0.15) is 4.98 Å². The number of rotatable bonds is 2. The number of hydrogen-bond acceptors (Lipinski definition) is 6. The molecule has 0 saturated carbocycles. The van der Waals surface area contributed by atoms with Crippen LogP contribution in [0, 0.1) is 0 Å². The van der Waals surface area contributed by atoms with Crippen molar-refractivity contribution in [3.05, 3.63) is 11.7 Å². The Hall–Kier alpha value is -0.980. The molecular formula is C10H15N3O3. The Morgan fingerprint density at radius 1 is 1.44 bits per heavy atom. The van der Waals surface area contributed by atoms with Gasteiger partial charge in [0.2, 0.25) is 11.7 Å². The van der Waals surface area contributed by atoms with E-state index in [4.69, 9.17) is 9.26 Å². The number of ether oxygens (including phenoxy) is 1. The zero-order chi connectivity index (χ0) is 11.0. The third-order valence-electron chi connectivity index (χ3n) is 3.08. The molecule has 0 aromatic carbocycles. The number of aliphatic hydroxyl groups is 1. The van der Waals surface area contributed by atoms with Crippen LogP contribution in [0.4, 0.5) is 0 Å². The third-order valence-corrected chi connectivity index (χ3v) is 3.08. The molecule has 3 heterocycles. The lowest BCUT2D eigenvalue weighted by molar-refractivity contribution is 0.103. The summed E-state index contributed by atoms with van der Waals surface area (Å²) in [5.74, 6) is 1.19. The lowest BCUT2D eigenvalue weighted by Crippen LogP contribution is -2.15.